The summed E-state index contributed by atoms with van der Waals surface area (Å²) in [7, 11) is 0. The Morgan fingerprint density at radius 1 is 0.500 bits per heavy atom. The molecule has 0 aliphatic carbocycles. The van der Waals surface area contributed by atoms with Gasteiger partial charge in [0.15, 0.2) is 0 Å². The molecule has 0 bridgehead atoms. The van der Waals surface area contributed by atoms with E-state index in [0.717, 1.165) is 64.2 Å². The molecule has 15 heteroatoms. The van der Waals surface area contributed by atoms with Gasteiger partial charge in [-0.1, -0.05) is 71.1 Å². The van der Waals surface area contributed by atoms with Gasteiger partial charge in [0.2, 0.25) is 17.7 Å². The normalized spacial score (nSPS) is 11.6. The molecule has 1 atom stereocenters. The number of hydrogen-bond donors (Lipinski definition) is 6. The van der Waals surface area contributed by atoms with Crippen LogP contribution in [0.4, 0.5) is 0 Å². The number of hydrogen-bond acceptors (Lipinski definition) is 10. The third-order valence-electron chi connectivity index (χ3n) is 7.62. The molecule has 0 aliphatic rings. The minimum Gasteiger partial charge on any atom is -0.481 e. The standard InChI is InChI=1S/C35H66N4O11/c1-2-3-18-37-32(41)28-49-26-25-48-23-21-39-33(42)29-50-27-24-47-22-20-38-31(40)17-16-30(35(45)46)36-19-14-12-10-8-6-4-5-7-9-11-13-15-34(43)44/h30,36H,2-29H2,1H3,(H,37,41)(H,38,40)(H,39,42)(H,43,44)(H,45,46). The molecule has 0 radical (unpaired) electrons. The second-order valence-electron chi connectivity index (χ2n) is 12.1. The number of ether oxygens (including phenoxy) is 4. The van der Waals surface area contributed by atoms with Gasteiger partial charge in [0, 0.05) is 32.5 Å². The Morgan fingerprint density at radius 3 is 1.46 bits per heavy atom. The number of amides is 3. The van der Waals surface area contributed by atoms with Crippen molar-refractivity contribution in [1.29, 1.82) is 0 Å². The van der Waals surface area contributed by atoms with Crippen molar-refractivity contribution in [3.8, 4) is 0 Å². The van der Waals surface area contributed by atoms with E-state index in [4.69, 9.17) is 24.1 Å². The Hall–Kier alpha value is -2.85. The van der Waals surface area contributed by atoms with Crippen molar-refractivity contribution in [2.75, 3.05) is 79.0 Å². The number of nitrogens with one attached hydrogen (secondary N) is 4. The smallest absolute Gasteiger partial charge is 0.320 e. The van der Waals surface area contributed by atoms with Crippen molar-refractivity contribution in [2.45, 2.75) is 116 Å². The summed E-state index contributed by atoms with van der Waals surface area (Å²) in [6.45, 7) is 5.44. The predicted molar refractivity (Wildman–Crippen MR) is 189 cm³/mol. The minimum absolute atomic E-state index is 0.00109. The average molecular weight is 719 g/mol. The number of rotatable bonds is 38. The molecule has 50 heavy (non-hydrogen) atoms. The number of aliphatic carboxylic acids is 2. The van der Waals surface area contributed by atoms with Crippen LogP contribution in [0.2, 0.25) is 0 Å². The maximum absolute atomic E-state index is 12.1. The molecule has 0 aromatic rings. The summed E-state index contributed by atoms with van der Waals surface area (Å²) in [6.07, 6.45) is 14.3. The summed E-state index contributed by atoms with van der Waals surface area (Å²) in [6, 6.07) is -0.769. The number of carboxylic acids is 2. The van der Waals surface area contributed by atoms with Gasteiger partial charge in [0.25, 0.3) is 0 Å². The molecule has 0 spiro atoms. The third kappa shape index (κ3) is 35.0. The maximum atomic E-state index is 12.1. The summed E-state index contributed by atoms with van der Waals surface area (Å²) in [5.74, 6) is -2.35. The van der Waals surface area contributed by atoms with Crippen LogP contribution in [-0.2, 0) is 42.9 Å². The second-order valence-corrected chi connectivity index (χ2v) is 12.1. The lowest BCUT2D eigenvalue weighted by Gasteiger charge is -2.14. The summed E-state index contributed by atoms with van der Waals surface area (Å²) in [4.78, 5) is 57.5. The lowest BCUT2D eigenvalue weighted by molar-refractivity contribution is -0.140. The van der Waals surface area contributed by atoms with Crippen molar-refractivity contribution in [1.82, 2.24) is 21.3 Å². The van der Waals surface area contributed by atoms with Gasteiger partial charge in [-0.2, -0.15) is 0 Å². The van der Waals surface area contributed by atoms with Crippen LogP contribution in [0.1, 0.15) is 110 Å². The maximum Gasteiger partial charge on any atom is 0.320 e. The van der Waals surface area contributed by atoms with Gasteiger partial charge in [-0.3, -0.25) is 24.0 Å². The van der Waals surface area contributed by atoms with Crippen LogP contribution < -0.4 is 21.3 Å². The first-order valence-electron chi connectivity index (χ1n) is 18.5. The van der Waals surface area contributed by atoms with Gasteiger partial charge >= 0.3 is 11.9 Å². The largest absolute Gasteiger partial charge is 0.481 e. The average Bonchev–Trinajstić information content (AvgIpc) is 3.08. The zero-order chi connectivity index (χ0) is 36.9. The molecule has 292 valence electrons. The number of carbonyl (C=O) groups excluding carboxylic acids is 3. The molecule has 0 aliphatic heterocycles. The monoisotopic (exact) mass is 718 g/mol. The van der Waals surface area contributed by atoms with E-state index in [2.05, 4.69) is 28.2 Å². The topological polar surface area (TPSA) is 211 Å². The Kier molecular flexibility index (Phi) is 33.9. The van der Waals surface area contributed by atoms with Gasteiger partial charge in [-0.05, 0) is 32.2 Å². The zero-order valence-corrected chi connectivity index (χ0v) is 30.4. The van der Waals surface area contributed by atoms with Gasteiger partial charge in [-0.25, -0.2) is 0 Å². The lowest BCUT2D eigenvalue weighted by atomic mass is 10.0. The zero-order valence-electron chi connectivity index (χ0n) is 30.4. The Morgan fingerprint density at radius 2 is 0.960 bits per heavy atom. The van der Waals surface area contributed by atoms with E-state index in [1.165, 1.54) is 19.3 Å². The van der Waals surface area contributed by atoms with Crippen LogP contribution >= 0.6 is 0 Å². The molecular formula is C35H66N4O11. The fourth-order valence-corrected chi connectivity index (χ4v) is 4.75. The fourth-order valence-electron chi connectivity index (χ4n) is 4.75. The Bertz CT molecular complexity index is 880. The van der Waals surface area contributed by atoms with Crippen molar-refractivity contribution in [2.24, 2.45) is 0 Å². The highest BCUT2D eigenvalue weighted by molar-refractivity contribution is 5.78. The van der Waals surface area contributed by atoms with Gasteiger partial charge in [-0.15, -0.1) is 0 Å². The van der Waals surface area contributed by atoms with E-state index in [-0.39, 0.29) is 83.2 Å². The summed E-state index contributed by atoms with van der Waals surface area (Å²) >= 11 is 0. The molecule has 0 saturated heterocycles. The quantitative estimate of drug-likeness (QED) is 0.0509. The summed E-state index contributed by atoms with van der Waals surface area (Å²) in [5.41, 5.74) is 0. The van der Waals surface area contributed by atoms with Crippen molar-refractivity contribution in [3.63, 3.8) is 0 Å². The molecule has 0 heterocycles. The van der Waals surface area contributed by atoms with E-state index < -0.39 is 18.0 Å². The Labute approximate surface area is 298 Å². The molecule has 0 aromatic carbocycles. The Balaban J connectivity index is 3.57. The van der Waals surface area contributed by atoms with E-state index >= 15 is 0 Å². The van der Waals surface area contributed by atoms with Crippen molar-refractivity contribution < 1.29 is 53.1 Å². The first kappa shape index (κ1) is 47.1. The lowest BCUT2D eigenvalue weighted by Crippen LogP contribution is -2.38. The van der Waals surface area contributed by atoms with Crippen LogP contribution in [0.25, 0.3) is 0 Å². The van der Waals surface area contributed by atoms with E-state index in [1.54, 1.807) is 0 Å². The second kappa shape index (κ2) is 36.0. The van der Waals surface area contributed by atoms with Crippen LogP contribution in [0, 0.1) is 0 Å². The highest BCUT2D eigenvalue weighted by atomic mass is 16.5. The van der Waals surface area contributed by atoms with Crippen LogP contribution in [0.3, 0.4) is 0 Å². The molecule has 6 N–H and O–H groups in total. The first-order chi connectivity index (χ1) is 24.3. The van der Waals surface area contributed by atoms with Gasteiger partial charge < -0.3 is 50.4 Å². The highest BCUT2D eigenvalue weighted by Gasteiger charge is 2.17. The SMILES string of the molecule is CCCCNC(=O)COCCOCCNC(=O)COCCOCCNC(=O)CCC(NCCCCCCCCCCCCCC(=O)O)C(=O)O. The molecule has 0 saturated carbocycles. The van der Waals surface area contributed by atoms with Crippen molar-refractivity contribution in [3.05, 3.63) is 0 Å². The molecule has 15 nitrogen and oxygen atoms in total. The first-order valence-corrected chi connectivity index (χ1v) is 18.5. The van der Waals surface area contributed by atoms with E-state index in [0.29, 0.717) is 32.8 Å². The van der Waals surface area contributed by atoms with Gasteiger partial charge in [0.1, 0.15) is 19.3 Å². The van der Waals surface area contributed by atoms with Crippen LogP contribution in [0.15, 0.2) is 0 Å². The number of carbonyl (C=O) groups is 5. The van der Waals surface area contributed by atoms with Crippen LogP contribution in [-0.4, -0.2) is 125 Å². The molecule has 0 fully saturated rings. The minimum atomic E-state index is -0.965. The number of unbranched alkanes of at least 4 members (excludes halogenated alkanes) is 11. The van der Waals surface area contributed by atoms with Crippen LogP contribution in [0.5, 0.6) is 0 Å². The summed E-state index contributed by atoms with van der Waals surface area (Å²) < 4.78 is 21.2. The van der Waals surface area contributed by atoms with Gasteiger partial charge in [0.05, 0.1) is 39.6 Å². The molecular weight excluding hydrogens is 652 g/mol. The highest BCUT2D eigenvalue weighted by Crippen LogP contribution is 2.12. The molecule has 3 amide bonds. The van der Waals surface area contributed by atoms with E-state index in [1.807, 2.05) is 0 Å². The molecule has 0 aromatic heterocycles. The fraction of sp³-hybridized carbons (Fsp3) is 0.857. The number of carboxylic acid groups (broad SMARTS) is 2. The van der Waals surface area contributed by atoms with E-state index in [9.17, 15) is 29.1 Å². The predicted octanol–water partition coefficient (Wildman–Crippen LogP) is 2.79. The summed E-state index contributed by atoms with van der Waals surface area (Å²) in [5, 5.41) is 29.3. The molecule has 0 rings (SSSR count). The molecule has 1 unspecified atom stereocenters. The van der Waals surface area contributed by atoms with Crippen molar-refractivity contribution >= 4 is 29.7 Å². The third-order valence-corrected chi connectivity index (χ3v) is 7.62.